The summed E-state index contributed by atoms with van der Waals surface area (Å²) in [6, 6.07) is 1.93. The number of rotatable bonds is 5. The van der Waals surface area contributed by atoms with E-state index >= 15 is 0 Å². The van der Waals surface area contributed by atoms with Gasteiger partial charge in [-0.3, -0.25) is 9.36 Å². The first-order valence-electron chi connectivity index (χ1n) is 5.69. The standard InChI is InChI=1S/C11H18N6/c1-9-10(12)11(16(2)15-9)13-5-3-7-17-8-4-6-14-17/h4,6,8,13H,3,5,7,12H2,1-2H3. The topological polar surface area (TPSA) is 73.7 Å². The molecule has 0 fully saturated rings. The summed E-state index contributed by atoms with van der Waals surface area (Å²) in [5.74, 6) is 0.892. The van der Waals surface area contributed by atoms with Gasteiger partial charge in [0.25, 0.3) is 0 Å². The lowest BCUT2D eigenvalue weighted by Gasteiger charge is -2.07. The molecule has 0 bridgehead atoms. The Kier molecular flexibility index (Phi) is 3.32. The minimum absolute atomic E-state index is 0.728. The van der Waals surface area contributed by atoms with Gasteiger partial charge in [-0.2, -0.15) is 10.2 Å². The summed E-state index contributed by atoms with van der Waals surface area (Å²) >= 11 is 0. The van der Waals surface area contributed by atoms with Crippen molar-refractivity contribution in [1.29, 1.82) is 0 Å². The first-order valence-corrected chi connectivity index (χ1v) is 5.69. The first kappa shape index (κ1) is 11.5. The molecule has 0 radical (unpaired) electrons. The summed E-state index contributed by atoms with van der Waals surface area (Å²) in [6.45, 7) is 3.66. The highest BCUT2D eigenvalue weighted by Crippen LogP contribution is 2.20. The van der Waals surface area contributed by atoms with Crippen LogP contribution >= 0.6 is 0 Å². The van der Waals surface area contributed by atoms with Crippen LogP contribution < -0.4 is 11.1 Å². The third-order valence-corrected chi connectivity index (χ3v) is 2.68. The van der Waals surface area contributed by atoms with Crippen molar-refractivity contribution >= 4 is 11.5 Å². The molecule has 0 aliphatic rings. The zero-order valence-electron chi connectivity index (χ0n) is 10.2. The van der Waals surface area contributed by atoms with Crippen LogP contribution in [-0.4, -0.2) is 26.1 Å². The average Bonchev–Trinajstić information content (AvgIpc) is 2.87. The highest BCUT2D eigenvalue weighted by Gasteiger charge is 2.08. The number of nitrogen functional groups attached to an aromatic ring is 1. The van der Waals surface area contributed by atoms with E-state index in [4.69, 9.17) is 5.73 Å². The van der Waals surface area contributed by atoms with E-state index in [1.54, 1.807) is 10.9 Å². The van der Waals surface area contributed by atoms with E-state index in [2.05, 4.69) is 15.5 Å². The molecule has 0 saturated heterocycles. The molecule has 17 heavy (non-hydrogen) atoms. The van der Waals surface area contributed by atoms with Gasteiger partial charge in [-0.25, -0.2) is 0 Å². The van der Waals surface area contributed by atoms with Crippen LogP contribution in [-0.2, 0) is 13.6 Å². The van der Waals surface area contributed by atoms with E-state index < -0.39 is 0 Å². The van der Waals surface area contributed by atoms with Gasteiger partial charge in [0.1, 0.15) is 5.82 Å². The minimum atomic E-state index is 0.728. The van der Waals surface area contributed by atoms with Crippen LogP contribution in [0.15, 0.2) is 18.5 Å². The molecular formula is C11H18N6. The number of aryl methyl sites for hydroxylation is 3. The van der Waals surface area contributed by atoms with Gasteiger partial charge >= 0.3 is 0 Å². The second-order valence-corrected chi connectivity index (χ2v) is 4.02. The average molecular weight is 234 g/mol. The maximum Gasteiger partial charge on any atom is 0.147 e. The van der Waals surface area contributed by atoms with Crippen molar-refractivity contribution in [3.05, 3.63) is 24.2 Å². The van der Waals surface area contributed by atoms with Crippen LogP contribution in [0.2, 0.25) is 0 Å². The van der Waals surface area contributed by atoms with E-state index in [1.165, 1.54) is 0 Å². The Hall–Kier alpha value is -1.98. The normalized spacial score (nSPS) is 10.7. The second-order valence-electron chi connectivity index (χ2n) is 4.02. The van der Waals surface area contributed by atoms with Crippen molar-refractivity contribution in [2.75, 3.05) is 17.6 Å². The summed E-state index contributed by atoms with van der Waals surface area (Å²) in [5, 5.41) is 11.7. The quantitative estimate of drug-likeness (QED) is 0.757. The Bertz CT molecular complexity index is 470. The summed E-state index contributed by atoms with van der Waals surface area (Å²) in [5.41, 5.74) is 7.51. The third kappa shape index (κ3) is 2.58. The Morgan fingerprint density at radius 3 is 2.88 bits per heavy atom. The van der Waals surface area contributed by atoms with Gasteiger partial charge in [0.05, 0.1) is 11.4 Å². The third-order valence-electron chi connectivity index (χ3n) is 2.68. The van der Waals surface area contributed by atoms with Crippen molar-refractivity contribution in [3.8, 4) is 0 Å². The number of nitrogens with one attached hydrogen (secondary N) is 1. The molecule has 0 unspecified atom stereocenters. The second kappa shape index (κ2) is 4.90. The van der Waals surface area contributed by atoms with E-state index in [0.29, 0.717) is 0 Å². The van der Waals surface area contributed by atoms with Gasteiger partial charge in [0.15, 0.2) is 0 Å². The molecule has 0 aliphatic carbocycles. The van der Waals surface area contributed by atoms with Crippen LogP contribution in [0.3, 0.4) is 0 Å². The Labute approximate surface area is 100 Å². The Balaban J connectivity index is 1.82. The number of anilines is 2. The smallest absolute Gasteiger partial charge is 0.147 e. The monoisotopic (exact) mass is 234 g/mol. The number of aromatic nitrogens is 4. The molecule has 6 heteroatoms. The predicted octanol–water partition coefficient (Wildman–Crippen LogP) is 1.01. The van der Waals surface area contributed by atoms with Crippen LogP contribution in [0.1, 0.15) is 12.1 Å². The Morgan fingerprint density at radius 1 is 1.47 bits per heavy atom. The van der Waals surface area contributed by atoms with Crippen LogP contribution in [0.4, 0.5) is 11.5 Å². The molecule has 0 amide bonds. The van der Waals surface area contributed by atoms with Crippen molar-refractivity contribution in [2.45, 2.75) is 19.9 Å². The molecule has 6 nitrogen and oxygen atoms in total. The van der Waals surface area contributed by atoms with Crippen molar-refractivity contribution < 1.29 is 0 Å². The van der Waals surface area contributed by atoms with E-state index in [-0.39, 0.29) is 0 Å². The van der Waals surface area contributed by atoms with Gasteiger partial charge in [-0.05, 0) is 19.4 Å². The zero-order valence-corrected chi connectivity index (χ0v) is 10.2. The maximum atomic E-state index is 5.92. The molecule has 0 saturated carbocycles. The van der Waals surface area contributed by atoms with E-state index in [0.717, 1.165) is 36.7 Å². The lowest BCUT2D eigenvalue weighted by Crippen LogP contribution is -2.10. The van der Waals surface area contributed by atoms with Gasteiger partial charge in [-0.15, -0.1) is 0 Å². The van der Waals surface area contributed by atoms with Gasteiger partial charge in [0.2, 0.25) is 0 Å². The molecule has 3 N–H and O–H groups in total. The molecule has 2 aromatic rings. The Morgan fingerprint density at radius 2 is 2.29 bits per heavy atom. The summed E-state index contributed by atoms with van der Waals surface area (Å²) in [7, 11) is 1.89. The fraction of sp³-hybridized carbons (Fsp3) is 0.455. The highest BCUT2D eigenvalue weighted by atomic mass is 15.3. The minimum Gasteiger partial charge on any atom is -0.394 e. The molecule has 0 aliphatic heterocycles. The van der Waals surface area contributed by atoms with Crippen molar-refractivity contribution in [2.24, 2.45) is 7.05 Å². The number of hydrogen-bond acceptors (Lipinski definition) is 4. The highest BCUT2D eigenvalue weighted by molar-refractivity contribution is 5.64. The molecule has 2 aromatic heterocycles. The van der Waals surface area contributed by atoms with E-state index in [1.807, 2.05) is 30.9 Å². The lowest BCUT2D eigenvalue weighted by molar-refractivity contribution is 0.590. The molecule has 0 spiro atoms. The summed E-state index contributed by atoms with van der Waals surface area (Å²) < 4.78 is 3.69. The SMILES string of the molecule is Cc1nn(C)c(NCCCn2cccn2)c1N. The zero-order chi connectivity index (χ0) is 12.3. The largest absolute Gasteiger partial charge is 0.394 e. The molecule has 2 rings (SSSR count). The predicted molar refractivity (Wildman–Crippen MR) is 67.7 cm³/mol. The van der Waals surface area contributed by atoms with E-state index in [9.17, 15) is 0 Å². The fourth-order valence-electron chi connectivity index (χ4n) is 1.76. The molecule has 2 heterocycles. The van der Waals surface area contributed by atoms with Crippen LogP contribution in [0, 0.1) is 6.92 Å². The summed E-state index contributed by atoms with van der Waals surface area (Å²) in [6.07, 6.45) is 4.74. The van der Waals surface area contributed by atoms with Gasteiger partial charge in [-0.1, -0.05) is 0 Å². The molecule has 92 valence electrons. The van der Waals surface area contributed by atoms with Crippen molar-refractivity contribution in [1.82, 2.24) is 19.6 Å². The van der Waals surface area contributed by atoms with Crippen molar-refractivity contribution in [3.63, 3.8) is 0 Å². The van der Waals surface area contributed by atoms with Gasteiger partial charge in [0, 0.05) is 32.5 Å². The lowest BCUT2D eigenvalue weighted by atomic mass is 10.3. The number of nitrogens with two attached hydrogens (primary N) is 1. The van der Waals surface area contributed by atoms with Gasteiger partial charge < -0.3 is 11.1 Å². The molecular weight excluding hydrogens is 216 g/mol. The first-order chi connectivity index (χ1) is 8.18. The fourth-order valence-corrected chi connectivity index (χ4v) is 1.76. The molecule has 0 aromatic carbocycles. The van der Waals surface area contributed by atoms with Crippen LogP contribution in [0.5, 0.6) is 0 Å². The van der Waals surface area contributed by atoms with Crippen LogP contribution in [0.25, 0.3) is 0 Å². The maximum absolute atomic E-state index is 5.92. The molecule has 0 atom stereocenters. The number of nitrogens with zero attached hydrogens (tertiary/aromatic N) is 4. The summed E-state index contributed by atoms with van der Waals surface area (Å²) in [4.78, 5) is 0. The number of hydrogen-bond donors (Lipinski definition) is 2.